The maximum Gasteiger partial charge on any atom is 0.338 e. The Bertz CT molecular complexity index is 510. The van der Waals surface area contributed by atoms with E-state index in [-0.39, 0.29) is 5.97 Å². The second-order valence-electron chi connectivity index (χ2n) is 5.78. The lowest BCUT2D eigenvalue weighted by Gasteiger charge is -2.30. The van der Waals surface area contributed by atoms with Crippen LogP contribution >= 0.6 is 0 Å². The summed E-state index contributed by atoms with van der Waals surface area (Å²) in [4.78, 5) is 13.6. The van der Waals surface area contributed by atoms with E-state index in [0.29, 0.717) is 24.4 Å². The molecule has 1 aliphatic carbocycles. The molecule has 0 bridgehead atoms. The molecule has 1 aromatic rings. The van der Waals surface area contributed by atoms with Gasteiger partial charge in [0, 0.05) is 13.6 Å². The number of nitrogen functional groups attached to an aromatic ring is 1. The average molecular weight is 292 g/mol. The number of aliphatic hydroxyl groups is 1. The number of carbonyl (C=O) groups is 1. The summed E-state index contributed by atoms with van der Waals surface area (Å²) >= 11 is 0. The van der Waals surface area contributed by atoms with Crippen LogP contribution in [0.4, 0.5) is 11.4 Å². The molecule has 5 nitrogen and oxygen atoms in total. The number of ether oxygens (including phenoxy) is 1. The fourth-order valence-corrected chi connectivity index (χ4v) is 2.96. The van der Waals surface area contributed by atoms with Crippen LogP contribution in [0.3, 0.4) is 0 Å². The molecule has 116 valence electrons. The number of hydrogen-bond acceptors (Lipinski definition) is 5. The molecule has 1 fully saturated rings. The standard InChI is InChI=1S/C16H24N2O3/c1-3-21-15(19)12-6-7-14(13(17)10-12)18(2)11-16(20)8-4-5-9-16/h6-7,10,20H,3-5,8-9,11,17H2,1-2H3. The zero-order chi connectivity index (χ0) is 15.5. The summed E-state index contributed by atoms with van der Waals surface area (Å²) in [7, 11) is 1.91. The number of anilines is 2. The van der Waals surface area contributed by atoms with E-state index in [2.05, 4.69) is 0 Å². The summed E-state index contributed by atoms with van der Waals surface area (Å²) in [6.45, 7) is 2.66. The monoisotopic (exact) mass is 292 g/mol. The lowest BCUT2D eigenvalue weighted by Crippen LogP contribution is -2.39. The lowest BCUT2D eigenvalue weighted by atomic mass is 10.0. The van der Waals surface area contributed by atoms with E-state index < -0.39 is 5.60 Å². The molecule has 0 aromatic heterocycles. The fraction of sp³-hybridized carbons (Fsp3) is 0.562. The Morgan fingerprint density at radius 3 is 2.67 bits per heavy atom. The molecule has 0 atom stereocenters. The highest BCUT2D eigenvalue weighted by Gasteiger charge is 2.32. The molecule has 0 radical (unpaired) electrons. The number of esters is 1. The predicted molar refractivity (Wildman–Crippen MR) is 83.5 cm³/mol. The molecule has 3 N–H and O–H groups in total. The lowest BCUT2D eigenvalue weighted by molar-refractivity contribution is 0.0524. The smallest absolute Gasteiger partial charge is 0.338 e. The normalized spacial score (nSPS) is 16.7. The molecule has 0 aliphatic heterocycles. The van der Waals surface area contributed by atoms with Crippen LogP contribution in [0.5, 0.6) is 0 Å². The van der Waals surface area contributed by atoms with Gasteiger partial charge >= 0.3 is 5.97 Å². The SMILES string of the molecule is CCOC(=O)c1ccc(N(C)CC2(O)CCCC2)c(N)c1. The minimum atomic E-state index is -0.624. The molecule has 0 saturated heterocycles. The van der Waals surface area contributed by atoms with Gasteiger partial charge in [0.1, 0.15) is 0 Å². The zero-order valence-electron chi connectivity index (χ0n) is 12.8. The number of rotatable bonds is 5. The number of benzene rings is 1. The Kier molecular flexibility index (Phi) is 4.73. The molecule has 1 aliphatic rings. The van der Waals surface area contributed by atoms with Crippen LogP contribution < -0.4 is 10.6 Å². The molecule has 21 heavy (non-hydrogen) atoms. The largest absolute Gasteiger partial charge is 0.462 e. The fourth-order valence-electron chi connectivity index (χ4n) is 2.96. The van der Waals surface area contributed by atoms with Gasteiger partial charge in [0.2, 0.25) is 0 Å². The second-order valence-corrected chi connectivity index (χ2v) is 5.78. The third-order valence-electron chi connectivity index (χ3n) is 4.02. The number of likely N-dealkylation sites (N-methyl/N-ethyl adjacent to an activating group) is 1. The highest BCUT2D eigenvalue weighted by molar-refractivity contribution is 5.92. The molecule has 2 rings (SSSR count). The van der Waals surface area contributed by atoms with Gasteiger partial charge in [-0.1, -0.05) is 12.8 Å². The van der Waals surface area contributed by atoms with E-state index >= 15 is 0 Å². The topological polar surface area (TPSA) is 75.8 Å². The van der Waals surface area contributed by atoms with Crippen molar-refractivity contribution in [3.63, 3.8) is 0 Å². The Labute approximate surface area is 125 Å². The minimum absolute atomic E-state index is 0.341. The van der Waals surface area contributed by atoms with Crippen LogP contribution in [-0.4, -0.2) is 36.9 Å². The Balaban J connectivity index is 2.11. The van der Waals surface area contributed by atoms with Crippen LogP contribution in [0.2, 0.25) is 0 Å². The van der Waals surface area contributed by atoms with Crippen molar-refractivity contribution in [1.82, 2.24) is 0 Å². The van der Waals surface area contributed by atoms with Gasteiger partial charge in [-0.05, 0) is 38.0 Å². The molecule has 0 unspecified atom stereocenters. The first kappa shape index (κ1) is 15.6. The quantitative estimate of drug-likeness (QED) is 0.642. The molecule has 0 amide bonds. The molecule has 1 aromatic carbocycles. The summed E-state index contributed by atoms with van der Waals surface area (Å²) < 4.78 is 4.96. The predicted octanol–water partition coefficient (Wildman–Crippen LogP) is 2.19. The van der Waals surface area contributed by atoms with Crippen molar-refractivity contribution in [2.45, 2.75) is 38.2 Å². The Hall–Kier alpha value is -1.75. The maximum absolute atomic E-state index is 11.7. The Morgan fingerprint density at radius 2 is 2.10 bits per heavy atom. The van der Waals surface area contributed by atoms with Gasteiger partial charge < -0.3 is 20.5 Å². The van der Waals surface area contributed by atoms with E-state index in [9.17, 15) is 9.90 Å². The van der Waals surface area contributed by atoms with Crippen LogP contribution in [0, 0.1) is 0 Å². The summed E-state index contributed by atoms with van der Waals surface area (Å²) in [5.41, 5.74) is 7.21. The van der Waals surface area contributed by atoms with Crippen molar-refractivity contribution < 1.29 is 14.6 Å². The number of nitrogens with zero attached hydrogens (tertiary/aromatic N) is 1. The summed E-state index contributed by atoms with van der Waals surface area (Å²) in [5.74, 6) is -0.368. The van der Waals surface area contributed by atoms with Gasteiger partial charge in [-0.25, -0.2) is 4.79 Å². The van der Waals surface area contributed by atoms with Gasteiger partial charge in [0.25, 0.3) is 0 Å². The van der Waals surface area contributed by atoms with Gasteiger partial charge in [-0.15, -0.1) is 0 Å². The van der Waals surface area contributed by atoms with Gasteiger partial charge in [0.15, 0.2) is 0 Å². The second kappa shape index (κ2) is 6.35. The van der Waals surface area contributed by atoms with Gasteiger partial charge in [-0.2, -0.15) is 0 Å². The summed E-state index contributed by atoms with van der Waals surface area (Å²) in [6, 6.07) is 5.14. The van der Waals surface area contributed by atoms with Crippen molar-refractivity contribution >= 4 is 17.3 Å². The summed E-state index contributed by atoms with van der Waals surface area (Å²) in [6.07, 6.45) is 3.81. The van der Waals surface area contributed by atoms with E-state index in [1.807, 2.05) is 11.9 Å². The van der Waals surface area contributed by atoms with Gasteiger partial charge in [-0.3, -0.25) is 0 Å². The van der Waals surface area contributed by atoms with Crippen LogP contribution in [0.1, 0.15) is 43.0 Å². The van der Waals surface area contributed by atoms with E-state index in [4.69, 9.17) is 10.5 Å². The molecular weight excluding hydrogens is 268 g/mol. The first-order valence-electron chi connectivity index (χ1n) is 7.45. The number of nitrogens with two attached hydrogens (primary N) is 1. The van der Waals surface area contributed by atoms with Crippen LogP contribution in [0.25, 0.3) is 0 Å². The van der Waals surface area contributed by atoms with Crippen molar-refractivity contribution in [3.05, 3.63) is 23.8 Å². The first-order chi connectivity index (χ1) is 9.95. The first-order valence-corrected chi connectivity index (χ1v) is 7.45. The highest BCUT2D eigenvalue weighted by atomic mass is 16.5. The molecule has 5 heteroatoms. The third-order valence-corrected chi connectivity index (χ3v) is 4.02. The maximum atomic E-state index is 11.7. The number of hydrogen-bond donors (Lipinski definition) is 2. The molecule has 0 spiro atoms. The zero-order valence-corrected chi connectivity index (χ0v) is 12.8. The molecule has 1 saturated carbocycles. The molecular formula is C16H24N2O3. The highest BCUT2D eigenvalue weighted by Crippen LogP contribution is 2.32. The van der Waals surface area contributed by atoms with Crippen molar-refractivity contribution in [2.75, 3.05) is 30.8 Å². The van der Waals surface area contributed by atoms with Crippen molar-refractivity contribution in [3.8, 4) is 0 Å². The third kappa shape index (κ3) is 3.67. The van der Waals surface area contributed by atoms with E-state index in [1.54, 1.807) is 25.1 Å². The van der Waals surface area contributed by atoms with Crippen molar-refractivity contribution in [2.24, 2.45) is 0 Å². The van der Waals surface area contributed by atoms with Crippen LogP contribution in [0.15, 0.2) is 18.2 Å². The summed E-state index contributed by atoms with van der Waals surface area (Å²) in [5, 5.41) is 10.5. The van der Waals surface area contributed by atoms with Crippen LogP contribution in [-0.2, 0) is 4.74 Å². The van der Waals surface area contributed by atoms with Crippen molar-refractivity contribution in [1.29, 1.82) is 0 Å². The number of carbonyl (C=O) groups excluding carboxylic acids is 1. The van der Waals surface area contributed by atoms with Gasteiger partial charge in [0.05, 0.1) is 29.1 Å². The average Bonchev–Trinajstić information content (AvgIpc) is 2.85. The Morgan fingerprint density at radius 1 is 1.43 bits per heavy atom. The minimum Gasteiger partial charge on any atom is -0.462 e. The molecule has 0 heterocycles. The van der Waals surface area contributed by atoms with E-state index in [1.165, 1.54) is 0 Å². The van der Waals surface area contributed by atoms with E-state index in [0.717, 1.165) is 31.4 Å².